The van der Waals surface area contributed by atoms with Crippen LogP contribution in [0, 0.1) is 16.6 Å². The molecule has 156 valence electrons. The predicted molar refractivity (Wildman–Crippen MR) is 120 cm³/mol. The lowest BCUT2D eigenvalue weighted by Crippen LogP contribution is -2.43. The Hall–Kier alpha value is -2.55. The Balaban J connectivity index is 1.90. The van der Waals surface area contributed by atoms with E-state index in [2.05, 4.69) is 27.7 Å². The number of fused-ring (bicyclic) bond motifs is 7. The van der Waals surface area contributed by atoms with E-state index in [0.717, 1.165) is 52.3 Å². The van der Waals surface area contributed by atoms with Crippen LogP contribution in [0.3, 0.4) is 0 Å². The normalized spacial score (nSPS) is 20.2. The molecule has 2 aliphatic carbocycles. The zero-order chi connectivity index (χ0) is 21.5. The Bertz CT molecular complexity index is 1170. The maximum Gasteiger partial charge on any atom is 0.123 e. The van der Waals surface area contributed by atoms with Gasteiger partial charge in [0.2, 0.25) is 0 Å². The number of phenols is 1. The molecule has 0 radical (unpaired) electrons. The molecule has 30 heavy (non-hydrogen) atoms. The Kier molecular flexibility index (Phi) is 3.88. The molecule has 0 unspecified atom stereocenters. The van der Waals surface area contributed by atoms with Gasteiger partial charge in [-0.3, -0.25) is 0 Å². The first-order valence-electron chi connectivity index (χ1n) is 10.7. The summed E-state index contributed by atoms with van der Waals surface area (Å²) in [7, 11) is 1.63. The van der Waals surface area contributed by atoms with E-state index in [1.54, 1.807) is 19.2 Å². The number of hydrogen-bond donors (Lipinski definition) is 1. The number of benzene rings is 3. The van der Waals surface area contributed by atoms with Crippen molar-refractivity contribution in [1.29, 1.82) is 0 Å². The number of ether oxygens (including phenoxy) is 1. The molecule has 0 atom stereocenters. The van der Waals surface area contributed by atoms with Crippen LogP contribution in [-0.2, 0) is 5.41 Å². The first-order valence-corrected chi connectivity index (χ1v) is 10.7. The number of hydrogen-bond acceptors (Lipinski definition) is 2. The van der Waals surface area contributed by atoms with Crippen LogP contribution in [0.25, 0.3) is 21.9 Å². The molecule has 3 heteroatoms. The number of halogens is 1. The molecular formula is C27H29FO2. The zero-order valence-corrected chi connectivity index (χ0v) is 18.4. The summed E-state index contributed by atoms with van der Waals surface area (Å²) in [5.74, 6) is 0.776. The molecule has 0 aromatic heterocycles. The summed E-state index contributed by atoms with van der Waals surface area (Å²) in [5, 5.41) is 12.8. The summed E-state index contributed by atoms with van der Waals surface area (Å²) in [6.45, 7) is 9.27. The summed E-state index contributed by atoms with van der Waals surface area (Å²) in [5.41, 5.74) is 4.35. The van der Waals surface area contributed by atoms with E-state index in [-0.39, 0.29) is 27.8 Å². The van der Waals surface area contributed by atoms with Crippen LogP contribution in [-0.4, -0.2) is 12.2 Å². The molecule has 0 heterocycles. The van der Waals surface area contributed by atoms with Gasteiger partial charge in [-0.1, -0.05) is 33.8 Å². The van der Waals surface area contributed by atoms with Gasteiger partial charge < -0.3 is 9.84 Å². The minimum Gasteiger partial charge on any atom is -0.507 e. The molecule has 2 nitrogen and oxygen atoms in total. The molecule has 1 saturated carbocycles. The van der Waals surface area contributed by atoms with Crippen LogP contribution in [0.5, 0.6) is 11.5 Å². The molecule has 1 N–H and O–H groups in total. The summed E-state index contributed by atoms with van der Waals surface area (Å²) in [6, 6.07) is 13.0. The van der Waals surface area contributed by atoms with Crippen LogP contribution in [0.15, 0.2) is 42.5 Å². The van der Waals surface area contributed by atoms with Crippen LogP contribution >= 0.6 is 0 Å². The third kappa shape index (κ3) is 2.67. The lowest BCUT2D eigenvalue weighted by molar-refractivity contribution is 0.0644. The second-order valence-electron chi connectivity index (χ2n) is 10.9. The number of phenolic OH excluding ortho intramolecular Hbond substituents is 1. The lowest BCUT2D eigenvalue weighted by atomic mass is 9.52. The highest BCUT2D eigenvalue weighted by atomic mass is 19.1. The van der Waals surface area contributed by atoms with Gasteiger partial charge in [-0.15, -0.1) is 0 Å². The summed E-state index contributed by atoms with van der Waals surface area (Å²) in [6.07, 6.45) is 3.00. The highest BCUT2D eigenvalue weighted by molar-refractivity contribution is 6.05. The topological polar surface area (TPSA) is 29.5 Å². The van der Waals surface area contributed by atoms with Crippen molar-refractivity contribution >= 4 is 10.8 Å². The molecule has 1 spiro atoms. The standard InChI is InChI=1S/C27H29FO2/c1-25(2)13-26(3,4)15-27(14-25)21-10-16(28)6-8-19(21)24-18-9-7-17(30-5)11-20(18)23(29)12-22(24)27/h6-12,29H,13-15H2,1-5H3. The van der Waals surface area contributed by atoms with Crippen molar-refractivity contribution in [2.75, 3.05) is 7.11 Å². The van der Waals surface area contributed by atoms with Gasteiger partial charge in [0.15, 0.2) is 0 Å². The first kappa shape index (κ1) is 19.4. The molecule has 1 fully saturated rings. The van der Waals surface area contributed by atoms with E-state index in [0.29, 0.717) is 5.75 Å². The molecule has 3 aromatic rings. The second-order valence-corrected chi connectivity index (χ2v) is 10.9. The zero-order valence-electron chi connectivity index (χ0n) is 18.4. The van der Waals surface area contributed by atoms with Crippen molar-refractivity contribution in [1.82, 2.24) is 0 Å². The lowest BCUT2D eigenvalue weighted by Gasteiger charge is -2.51. The van der Waals surface area contributed by atoms with Gasteiger partial charge >= 0.3 is 0 Å². The van der Waals surface area contributed by atoms with Crippen LogP contribution in [0.1, 0.15) is 58.1 Å². The van der Waals surface area contributed by atoms with E-state index < -0.39 is 0 Å². The highest BCUT2D eigenvalue weighted by Crippen LogP contribution is 2.64. The Labute approximate surface area is 177 Å². The fourth-order valence-corrected chi connectivity index (χ4v) is 6.95. The van der Waals surface area contributed by atoms with Crippen molar-refractivity contribution in [3.8, 4) is 22.6 Å². The fourth-order valence-electron chi connectivity index (χ4n) is 6.95. The molecular weight excluding hydrogens is 375 g/mol. The van der Waals surface area contributed by atoms with Gasteiger partial charge in [0.1, 0.15) is 17.3 Å². The monoisotopic (exact) mass is 404 g/mol. The van der Waals surface area contributed by atoms with Gasteiger partial charge in [0.05, 0.1) is 7.11 Å². The molecule has 0 bridgehead atoms. The van der Waals surface area contributed by atoms with Gasteiger partial charge in [-0.2, -0.15) is 0 Å². The third-order valence-electron chi connectivity index (χ3n) is 7.12. The highest BCUT2D eigenvalue weighted by Gasteiger charge is 2.53. The summed E-state index contributed by atoms with van der Waals surface area (Å²) >= 11 is 0. The minimum absolute atomic E-state index is 0.109. The first-order chi connectivity index (χ1) is 14.1. The van der Waals surface area contributed by atoms with Crippen LogP contribution in [0.4, 0.5) is 4.39 Å². The van der Waals surface area contributed by atoms with E-state index in [4.69, 9.17) is 4.74 Å². The largest absolute Gasteiger partial charge is 0.507 e. The van der Waals surface area contributed by atoms with Gasteiger partial charge in [-0.05, 0) is 94.1 Å². The van der Waals surface area contributed by atoms with Crippen molar-refractivity contribution in [3.05, 3.63) is 59.4 Å². The van der Waals surface area contributed by atoms with E-state index in [9.17, 15) is 9.50 Å². The SMILES string of the molecule is COc1ccc2c3c(cc(O)c2c1)C1(CC(C)(C)CC(C)(C)C1)c1cc(F)ccc1-3. The number of aromatic hydroxyl groups is 1. The summed E-state index contributed by atoms with van der Waals surface area (Å²) < 4.78 is 19.9. The molecule has 0 amide bonds. The third-order valence-corrected chi connectivity index (χ3v) is 7.12. The minimum atomic E-state index is -0.302. The van der Waals surface area contributed by atoms with E-state index >= 15 is 0 Å². The molecule has 2 aliphatic rings. The van der Waals surface area contributed by atoms with Crippen LogP contribution in [0.2, 0.25) is 0 Å². The quantitative estimate of drug-likeness (QED) is 0.465. The molecule has 0 aliphatic heterocycles. The van der Waals surface area contributed by atoms with Gasteiger partial charge in [-0.25, -0.2) is 4.39 Å². The number of methoxy groups -OCH3 is 1. The molecule has 5 rings (SSSR count). The van der Waals surface area contributed by atoms with Gasteiger partial charge in [0, 0.05) is 10.8 Å². The van der Waals surface area contributed by atoms with Crippen LogP contribution < -0.4 is 4.74 Å². The smallest absolute Gasteiger partial charge is 0.123 e. The maximum absolute atomic E-state index is 14.5. The average molecular weight is 405 g/mol. The average Bonchev–Trinajstić information content (AvgIpc) is 2.88. The Morgan fingerprint density at radius 1 is 0.833 bits per heavy atom. The van der Waals surface area contributed by atoms with Crippen molar-refractivity contribution in [3.63, 3.8) is 0 Å². The predicted octanol–water partition coefficient (Wildman–Crippen LogP) is 7.20. The van der Waals surface area contributed by atoms with Crippen molar-refractivity contribution in [2.24, 2.45) is 10.8 Å². The molecule has 3 aromatic carbocycles. The number of rotatable bonds is 1. The second kappa shape index (κ2) is 6.00. The van der Waals surface area contributed by atoms with Crippen molar-refractivity contribution < 1.29 is 14.2 Å². The summed E-state index contributed by atoms with van der Waals surface area (Å²) in [4.78, 5) is 0. The van der Waals surface area contributed by atoms with E-state index in [1.807, 2.05) is 30.3 Å². The fraction of sp³-hybridized carbons (Fsp3) is 0.407. The van der Waals surface area contributed by atoms with Gasteiger partial charge in [0.25, 0.3) is 0 Å². The Morgan fingerprint density at radius 3 is 2.20 bits per heavy atom. The Morgan fingerprint density at radius 2 is 1.53 bits per heavy atom. The maximum atomic E-state index is 14.5. The van der Waals surface area contributed by atoms with Crippen molar-refractivity contribution in [2.45, 2.75) is 52.4 Å². The van der Waals surface area contributed by atoms with E-state index in [1.165, 1.54) is 0 Å². The molecule has 0 saturated heterocycles.